The summed E-state index contributed by atoms with van der Waals surface area (Å²) in [7, 11) is 0. The fourth-order valence-corrected chi connectivity index (χ4v) is 3.44. The molecule has 0 aliphatic heterocycles. The molecule has 0 aliphatic carbocycles. The van der Waals surface area contributed by atoms with Gasteiger partial charge in [0.15, 0.2) is 0 Å². The van der Waals surface area contributed by atoms with Gasteiger partial charge >= 0.3 is 11.9 Å². The van der Waals surface area contributed by atoms with Gasteiger partial charge in [0.1, 0.15) is 11.3 Å². The van der Waals surface area contributed by atoms with Crippen LogP contribution in [0.2, 0.25) is 0 Å². The monoisotopic (exact) mass is 434 g/mol. The summed E-state index contributed by atoms with van der Waals surface area (Å²) in [5.74, 6) is -1.30. The maximum Gasteiger partial charge on any atom is 0.341 e. The summed E-state index contributed by atoms with van der Waals surface area (Å²) in [5, 5.41) is 10.1. The standard InChI is InChI=1S/C26H42O5/c1-3-5-7-9-11-13-15-19-30-25(28)22-17-18-23(24(27)21-22)26(29)31-20-16-14-12-10-8-6-4-2/h17-18,21,27H,3-16,19-20H2,1-2H3. The molecule has 1 aromatic carbocycles. The third-order valence-corrected chi connectivity index (χ3v) is 5.42. The lowest BCUT2D eigenvalue weighted by atomic mass is 10.1. The lowest BCUT2D eigenvalue weighted by Crippen LogP contribution is -2.09. The van der Waals surface area contributed by atoms with Crippen LogP contribution < -0.4 is 0 Å². The summed E-state index contributed by atoms with van der Waals surface area (Å²) >= 11 is 0. The first kappa shape index (κ1) is 27.0. The lowest BCUT2D eigenvalue weighted by Gasteiger charge is -2.09. The average molecular weight is 435 g/mol. The zero-order valence-electron chi connectivity index (χ0n) is 19.6. The number of phenolic OH excluding ortho intramolecular Hbond substituents is 1. The van der Waals surface area contributed by atoms with Crippen LogP contribution in [-0.2, 0) is 9.47 Å². The molecule has 31 heavy (non-hydrogen) atoms. The van der Waals surface area contributed by atoms with Gasteiger partial charge in [-0.3, -0.25) is 0 Å². The summed E-state index contributed by atoms with van der Waals surface area (Å²) in [4.78, 5) is 24.3. The number of unbranched alkanes of at least 4 members (excludes halogenated alkanes) is 12. The van der Waals surface area contributed by atoms with Gasteiger partial charge in [-0.1, -0.05) is 90.9 Å². The molecule has 0 aromatic heterocycles. The first-order valence-corrected chi connectivity index (χ1v) is 12.3. The van der Waals surface area contributed by atoms with Crippen molar-refractivity contribution in [1.29, 1.82) is 0 Å². The second-order valence-corrected chi connectivity index (χ2v) is 8.25. The third kappa shape index (κ3) is 12.4. The Morgan fingerprint density at radius 1 is 0.677 bits per heavy atom. The predicted octanol–water partition coefficient (Wildman–Crippen LogP) is 7.21. The van der Waals surface area contributed by atoms with Crippen molar-refractivity contribution in [3.63, 3.8) is 0 Å². The van der Waals surface area contributed by atoms with Crippen molar-refractivity contribution in [2.24, 2.45) is 0 Å². The van der Waals surface area contributed by atoms with Crippen molar-refractivity contribution in [2.45, 2.75) is 104 Å². The Morgan fingerprint density at radius 3 is 1.61 bits per heavy atom. The van der Waals surface area contributed by atoms with E-state index in [-0.39, 0.29) is 16.9 Å². The zero-order chi connectivity index (χ0) is 22.7. The van der Waals surface area contributed by atoms with Crippen LogP contribution in [0.3, 0.4) is 0 Å². The molecule has 0 radical (unpaired) electrons. The number of rotatable bonds is 18. The Bertz CT molecular complexity index is 626. The van der Waals surface area contributed by atoms with Crippen LogP contribution in [0, 0.1) is 0 Å². The summed E-state index contributed by atoms with van der Waals surface area (Å²) in [5.41, 5.74) is 0.315. The Labute approximate surface area is 188 Å². The summed E-state index contributed by atoms with van der Waals surface area (Å²) in [6.45, 7) is 5.11. The molecule has 0 unspecified atom stereocenters. The highest BCUT2D eigenvalue weighted by molar-refractivity contribution is 5.95. The first-order valence-electron chi connectivity index (χ1n) is 12.3. The zero-order valence-corrected chi connectivity index (χ0v) is 19.6. The Hall–Kier alpha value is -2.04. The molecule has 1 rings (SSSR count). The number of carbonyl (C=O) groups is 2. The van der Waals surface area contributed by atoms with Crippen molar-refractivity contribution in [1.82, 2.24) is 0 Å². The molecular formula is C26H42O5. The van der Waals surface area contributed by atoms with E-state index >= 15 is 0 Å². The van der Waals surface area contributed by atoms with Crippen LogP contribution in [-0.4, -0.2) is 30.3 Å². The number of aromatic hydroxyl groups is 1. The van der Waals surface area contributed by atoms with Gasteiger partial charge < -0.3 is 14.6 Å². The smallest absolute Gasteiger partial charge is 0.341 e. The molecule has 0 fully saturated rings. The molecule has 1 N–H and O–H groups in total. The third-order valence-electron chi connectivity index (χ3n) is 5.42. The van der Waals surface area contributed by atoms with Gasteiger partial charge in [-0.05, 0) is 31.0 Å². The summed E-state index contributed by atoms with van der Waals surface area (Å²) in [6, 6.07) is 4.20. The van der Waals surface area contributed by atoms with Crippen molar-refractivity contribution in [2.75, 3.05) is 13.2 Å². The number of hydrogen-bond donors (Lipinski definition) is 1. The Morgan fingerprint density at radius 2 is 1.13 bits per heavy atom. The predicted molar refractivity (Wildman–Crippen MR) is 125 cm³/mol. The first-order chi connectivity index (χ1) is 15.1. The second-order valence-electron chi connectivity index (χ2n) is 8.25. The maximum absolute atomic E-state index is 12.2. The minimum absolute atomic E-state index is 0.0755. The van der Waals surface area contributed by atoms with Crippen LogP contribution >= 0.6 is 0 Å². The fraction of sp³-hybridized carbons (Fsp3) is 0.692. The van der Waals surface area contributed by atoms with E-state index in [1.165, 1.54) is 69.6 Å². The number of phenols is 1. The van der Waals surface area contributed by atoms with E-state index in [0.29, 0.717) is 13.2 Å². The summed E-state index contributed by atoms with van der Waals surface area (Å²) < 4.78 is 10.5. The van der Waals surface area contributed by atoms with Gasteiger partial charge in [-0.25, -0.2) is 9.59 Å². The molecule has 0 saturated heterocycles. The van der Waals surface area contributed by atoms with Gasteiger partial charge in [0.2, 0.25) is 0 Å². The Balaban J connectivity index is 2.26. The van der Waals surface area contributed by atoms with Gasteiger partial charge in [0.05, 0.1) is 18.8 Å². The minimum atomic E-state index is -0.563. The molecular weight excluding hydrogens is 392 g/mol. The molecule has 0 heterocycles. The van der Waals surface area contributed by atoms with Gasteiger partial charge in [-0.15, -0.1) is 0 Å². The number of ether oxygens (including phenoxy) is 2. The lowest BCUT2D eigenvalue weighted by molar-refractivity contribution is 0.0480. The highest BCUT2D eigenvalue weighted by Crippen LogP contribution is 2.21. The van der Waals surface area contributed by atoms with Crippen molar-refractivity contribution in [3.8, 4) is 5.75 Å². The van der Waals surface area contributed by atoms with E-state index < -0.39 is 11.9 Å². The topological polar surface area (TPSA) is 72.8 Å². The van der Waals surface area contributed by atoms with Gasteiger partial charge in [0.25, 0.3) is 0 Å². The highest BCUT2D eigenvalue weighted by atomic mass is 16.5. The molecule has 0 atom stereocenters. The number of carbonyl (C=O) groups excluding carboxylic acids is 2. The number of esters is 2. The SMILES string of the molecule is CCCCCCCCCOC(=O)c1ccc(C(=O)OCCCCCCCCC)c(O)c1. The number of hydrogen-bond acceptors (Lipinski definition) is 5. The van der Waals surface area contributed by atoms with Crippen LogP contribution in [0.1, 0.15) is 124 Å². The Kier molecular flexibility index (Phi) is 15.3. The largest absolute Gasteiger partial charge is 0.507 e. The van der Waals surface area contributed by atoms with E-state index in [1.807, 2.05) is 0 Å². The van der Waals surface area contributed by atoms with Gasteiger partial charge in [-0.2, -0.15) is 0 Å². The molecule has 176 valence electrons. The van der Waals surface area contributed by atoms with E-state index in [0.717, 1.165) is 38.5 Å². The quantitative estimate of drug-likeness (QED) is 0.195. The average Bonchev–Trinajstić information content (AvgIpc) is 2.77. The van der Waals surface area contributed by atoms with Crippen LogP contribution in [0.4, 0.5) is 0 Å². The fourth-order valence-electron chi connectivity index (χ4n) is 3.44. The molecule has 0 aliphatic rings. The van der Waals surface area contributed by atoms with Crippen molar-refractivity contribution < 1.29 is 24.2 Å². The summed E-state index contributed by atoms with van der Waals surface area (Å²) in [6.07, 6.45) is 16.1. The normalized spacial score (nSPS) is 10.8. The van der Waals surface area contributed by atoms with Gasteiger partial charge in [0, 0.05) is 0 Å². The van der Waals surface area contributed by atoms with Crippen LogP contribution in [0.15, 0.2) is 18.2 Å². The van der Waals surface area contributed by atoms with E-state index in [4.69, 9.17) is 9.47 Å². The number of benzene rings is 1. The van der Waals surface area contributed by atoms with E-state index in [2.05, 4.69) is 13.8 Å². The molecule has 5 heteroatoms. The molecule has 0 bridgehead atoms. The van der Waals surface area contributed by atoms with Crippen molar-refractivity contribution >= 4 is 11.9 Å². The highest BCUT2D eigenvalue weighted by Gasteiger charge is 2.16. The van der Waals surface area contributed by atoms with Crippen LogP contribution in [0.5, 0.6) is 5.75 Å². The van der Waals surface area contributed by atoms with Crippen LogP contribution in [0.25, 0.3) is 0 Å². The van der Waals surface area contributed by atoms with E-state index in [1.54, 1.807) is 0 Å². The molecule has 1 aromatic rings. The molecule has 0 saturated carbocycles. The molecule has 5 nitrogen and oxygen atoms in total. The minimum Gasteiger partial charge on any atom is -0.507 e. The maximum atomic E-state index is 12.2. The van der Waals surface area contributed by atoms with E-state index in [9.17, 15) is 14.7 Å². The molecule has 0 amide bonds. The second kappa shape index (κ2) is 17.6. The van der Waals surface area contributed by atoms with Crippen molar-refractivity contribution in [3.05, 3.63) is 29.3 Å². The molecule has 0 spiro atoms.